The third kappa shape index (κ3) is 4.95. The summed E-state index contributed by atoms with van der Waals surface area (Å²) < 4.78 is 49.4. The molecule has 2 atom stereocenters. The van der Waals surface area contributed by atoms with Gasteiger partial charge in [0.05, 0.1) is 25.2 Å². The van der Waals surface area contributed by atoms with Crippen molar-refractivity contribution >= 4 is 28.4 Å². The van der Waals surface area contributed by atoms with Gasteiger partial charge in [-0.05, 0) is 36.6 Å². The third-order valence-corrected chi connectivity index (χ3v) is 7.32. The zero-order valence-corrected chi connectivity index (χ0v) is 21.3. The number of carbonyl (C=O) groups is 1. The zero-order valence-electron chi connectivity index (χ0n) is 21.3. The maximum Gasteiger partial charge on any atom is 0.258 e. The molecule has 11 nitrogen and oxygen atoms in total. The van der Waals surface area contributed by atoms with E-state index in [1.807, 2.05) is 17.0 Å². The van der Waals surface area contributed by atoms with Gasteiger partial charge in [-0.25, -0.2) is 22.4 Å². The Labute approximate surface area is 221 Å². The number of ether oxygens (including phenoxy) is 1. The van der Waals surface area contributed by atoms with Crippen LogP contribution in [0.4, 0.5) is 19.1 Å². The highest BCUT2D eigenvalue weighted by Crippen LogP contribution is 2.33. The molecule has 0 bridgehead atoms. The van der Waals surface area contributed by atoms with Crippen molar-refractivity contribution in [3.63, 3.8) is 0 Å². The summed E-state index contributed by atoms with van der Waals surface area (Å²) in [5.41, 5.74) is 3.03. The summed E-state index contributed by atoms with van der Waals surface area (Å²) in [6.07, 6.45) is -0.505. The number of rotatable bonds is 8. The second kappa shape index (κ2) is 10.3. The van der Waals surface area contributed by atoms with Gasteiger partial charge >= 0.3 is 0 Å². The maximum absolute atomic E-state index is 15.1. The Morgan fingerprint density at radius 3 is 2.79 bits per heavy atom. The van der Waals surface area contributed by atoms with Crippen LogP contribution >= 0.6 is 0 Å². The first-order valence-corrected chi connectivity index (χ1v) is 12.9. The van der Waals surface area contributed by atoms with E-state index >= 15 is 4.39 Å². The summed E-state index contributed by atoms with van der Waals surface area (Å²) in [7, 11) is 1.49. The highest BCUT2D eigenvalue weighted by Gasteiger charge is 2.32. The van der Waals surface area contributed by atoms with E-state index < -0.39 is 25.2 Å². The molecule has 6 rings (SSSR count). The van der Waals surface area contributed by atoms with Crippen molar-refractivity contribution in [1.29, 1.82) is 0 Å². The Balaban J connectivity index is 1.21. The van der Waals surface area contributed by atoms with Gasteiger partial charge < -0.3 is 15.0 Å². The number of piperidine rings is 1. The van der Waals surface area contributed by atoms with Crippen LogP contribution < -0.4 is 10.1 Å². The number of alkyl halides is 3. The summed E-state index contributed by atoms with van der Waals surface area (Å²) in [4.78, 5) is 20.4. The summed E-state index contributed by atoms with van der Waals surface area (Å²) in [5, 5.41) is 15.4. The fraction of sp³-hybridized carbons (Fsp3) is 0.480. The van der Waals surface area contributed by atoms with Crippen LogP contribution in [0, 0.1) is 0 Å². The minimum Gasteiger partial charge on any atom is -0.479 e. The molecular formula is C25H28F3N9O2. The summed E-state index contributed by atoms with van der Waals surface area (Å²) >= 11 is 0. The van der Waals surface area contributed by atoms with Gasteiger partial charge in [0.1, 0.15) is 23.7 Å². The molecule has 1 amide bonds. The lowest BCUT2D eigenvalue weighted by Crippen LogP contribution is -2.53. The molecule has 2 aliphatic heterocycles. The number of halogens is 3. The van der Waals surface area contributed by atoms with Gasteiger partial charge in [-0.15, -0.1) is 10.2 Å². The molecule has 4 aromatic rings. The Morgan fingerprint density at radius 2 is 2.08 bits per heavy atom. The lowest BCUT2D eigenvalue weighted by molar-refractivity contribution is -0.136. The van der Waals surface area contributed by atoms with Gasteiger partial charge in [-0.1, -0.05) is 11.3 Å². The summed E-state index contributed by atoms with van der Waals surface area (Å²) in [5.74, 6) is 0.546. The monoisotopic (exact) mass is 543 g/mol. The van der Waals surface area contributed by atoms with Gasteiger partial charge in [0.2, 0.25) is 17.7 Å². The highest BCUT2D eigenvalue weighted by atomic mass is 19.3. The third-order valence-electron chi connectivity index (χ3n) is 7.32. The van der Waals surface area contributed by atoms with Gasteiger partial charge in [-0.3, -0.25) is 9.69 Å². The number of hydrogen-bond acceptors (Lipinski definition) is 8. The second-order valence-electron chi connectivity index (χ2n) is 9.86. The smallest absolute Gasteiger partial charge is 0.258 e. The number of aromatic nitrogens is 6. The number of carbonyl (C=O) groups excluding carboxylic acids is 1. The molecule has 3 aromatic heterocycles. The Morgan fingerprint density at radius 1 is 1.23 bits per heavy atom. The van der Waals surface area contributed by atoms with E-state index in [4.69, 9.17) is 4.74 Å². The van der Waals surface area contributed by atoms with Gasteiger partial charge in [0, 0.05) is 37.9 Å². The fourth-order valence-corrected chi connectivity index (χ4v) is 5.12. The number of anilines is 1. The molecule has 206 valence electrons. The van der Waals surface area contributed by atoms with E-state index in [-0.39, 0.29) is 30.8 Å². The molecule has 39 heavy (non-hydrogen) atoms. The van der Waals surface area contributed by atoms with E-state index in [1.54, 1.807) is 27.7 Å². The molecule has 0 saturated carbocycles. The standard InChI is InChI=1S/C25H28F3N9O2/c1-39-24-23-16(15-3-4-19-20(11-15)37(33-31-19)13-21(27)28)5-10-36(23)32-25(30-24)29-18-6-9-34(12-17(18)26)14-22(38)35-7-2-8-35/h3-5,10-11,17-18,21H,2,6-9,12-14H2,1H3,(H,29,32)/t17-,18+/m1/s1. The van der Waals surface area contributed by atoms with E-state index in [9.17, 15) is 13.6 Å². The van der Waals surface area contributed by atoms with Crippen LogP contribution in [0.3, 0.4) is 0 Å². The number of methoxy groups -OCH3 is 1. The predicted octanol–water partition coefficient (Wildman–Crippen LogP) is 2.47. The minimum atomic E-state index is -2.56. The molecule has 0 radical (unpaired) electrons. The molecule has 2 fully saturated rings. The minimum absolute atomic E-state index is 0.0516. The van der Waals surface area contributed by atoms with E-state index in [2.05, 4.69) is 25.7 Å². The quantitative estimate of drug-likeness (QED) is 0.362. The first-order valence-electron chi connectivity index (χ1n) is 12.9. The first kappa shape index (κ1) is 25.3. The number of nitrogens with one attached hydrogen (secondary N) is 1. The Hall–Kier alpha value is -3.94. The molecule has 1 N–H and O–H groups in total. The van der Waals surface area contributed by atoms with Crippen molar-refractivity contribution in [1.82, 2.24) is 39.4 Å². The molecule has 0 unspecified atom stereocenters. The van der Waals surface area contributed by atoms with Crippen LogP contribution in [0.15, 0.2) is 30.5 Å². The SMILES string of the molecule is COc1nc(N[C@H]2CCN(CC(=O)N3CCC3)C[C@H]2F)nn2ccc(-c3ccc4nnn(CC(F)F)c4c3)c12. The normalized spacial score (nSPS) is 20.1. The maximum atomic E-state index is 15.1. The molecule has 14 heteroatoms. The molecule has 2 aliphatic rings. The molecule has 2 saturated heterocycles. The van der Waals surface area contributed by atoms with Crippen molar-refractivity contribution < 1.29 is 22.7 Å². The lowest BCUT2D eigenvalue weighted by Gasteiger charge is -2.37. The van der Waals surface area contributed by atoms with Crippen molar-refractivity contribution in [2.75, 3.05) is 45.2 Å². The van der Waals surface area contributed by atoms with E-state index in [0.717, 1.165) is 30.6 Å². The molecule has 5 heterocycles. The molecule has 0 spiro atoms. The van der Waals surface area contributed by atoms with Crippen LogP contribution in [0.5, 0.6) is 5.88 Å². The molecular weight excluding hydrogens is 515 g/mol. The fourth-order valence-electron chi connectivity index (χ4n) is 5.12. The number of nitrogens with zero attached hydrogens (tertiary/aromatic N) is 8. The average Bonchev–Trinajstić information content (AvgIpc) is 3.47. The predicted molar refractivity (Wildman–Crippen MR) is 137 cm³/mol. The van der Waals surface area contributed by atoms with Crippen LogP contribution in [0.25, 0.3) is 27.7 Å². The van der Waals surface area contributed by atoms with Crippen LogP contribution in [-0.2, 0) is 11.3 Å². The van der Waals surface area contributed by atoms with Gasteiger partial charge in [0.15, 0.2) is 0 Å². The number of benzene rings is 1. The number of likely N-dealkylation sites (tertiary alicyclic amines) is 2. The lowest BCUT2D eigenvalue weighted by atomic mass is 10.0. The summed E-state index contributed by atoms with van der Waals surface area (Å²) in [6.45, 7) is 2.00. The highest BCUT2D eigenvalue weighted by molar-refractivity contribution is 5.89. The van der Waals surface area contributed by atoms with Crippen molar-refractivity contribution in [2.45, 2.75) is 38.0 Å². The van der Waals surface area contributed by atoms with Gasteiger partial charge in [-0.2, -0.15) is 4.98 Å². The van der Waals surface area contributed by atoms with E-state index in [0.29, 0.717) is 29.5 Å². The zero-order chi connectivity index (χ0) is 27.1. The molecule has 0 aliphatic carbocycles. The number of fused-ring (bicyclic) bond motifs is 2. The number of hydrogen-bond donors (Lipinski definition) is 1. The van der Waals surface area contributed by atoms with Crippen molar-refractivity contribution in [3.8, 4) is 17.0 Å². The number of amides is 1. The Kier molecular flexibility index (Phi) is 6.71. The first-order chi connectivity index (χ1) is 18.9. The largest absolute Gasteiger partial charge is 0.479 e. The van der Waals surface area contributed by atoms with Crippen LogP contribution in [-0.4, -0.2) is 104 Å². The Bertz CT molecular complexity index is 1500. The van der Waals surface area contributed by atoms with E-state index in [1.165, 1.54) is 11.8 Å². The second-order valence-corrected chi connectivity index (χ2v) is 9.86. The van der Waals surface area contributed by atoms with Gasteiger partial charge in [0.25, 0.3) is 6.43 Å². The summed E-state index contributed by atoms with van der Waals surface area (Å²) in [6, 6.07) is 6.59. The van der Waals surface area contributed by atoms with Crippen LogP contribution in [0.2, 0.25) is 0 Å². The van der Waals surface area contributed by atoms with Crippen LogP contribution in [0.1, 0.15) is 12.8 Å². The van der Waals surface area contributed by atoms with Crippen molar-refractivity contribution in [3.05, 3.63) is 30.5 Å². The molecule has 1 aromatic carbocycles. The van der Waals surface area contributed by atoms with Crippen molar-refractivity contribution in [2.24, 2.45) is 0 Å². The average molecular weight is 544 g/mol. The topological polar surface area (TPSA) is 106 Å².